The molecular formula is C21H33F2N. The van der Waals surface area contributed by atoms with Crippen LogP contribution in [0.3, 0.4) is 0 Å². The van der Waals surface area contributed by atoms with Gasteiger partial charge >= 0.3 is 0 Å². The lowest BCUT2D eigenvalue weighted by atomic mass is 9.75. The molecule has 2 unspecified atom stereocenters. The minimum atomic E-state index is -1.71. The number of allylic oxidation sites excluding steroid dienone is 4. The molecule has 0 amide bonds. The van der Waals surface area contributed by atoms with Crippen LogP contribution in [0, 0.1) is 0 Å². The van der Waals surface area contributed by atoms with Crippen molar-refractivity contribution < 1.29 is 8.78 Å². The predicted octanol–water partition coefficient (Wildman–Crippen LogP) is 7.10. The van der Waals surface area contributed by atoms with Crippen LogP contribution in [-0.2, 0) is 5.41 Å². The van der Waals surface area contributed by atoms with Gasteiger partial charge in [-0.1, -0.05) is 59.1 Å². The van der Waals surface area contributed by atoms with Gasteiger partial charge in [-0.3, -0.25) is 4.98 Å². The van der Waals surface area contributed by atoms with E-state index in [4.69, 9.17) is 0 Å². The summed E-state index contributed by atoms with van der Waals surface area (Å²) in [6, 6.07) is 5.32. The van der Waals surface area contributed by atoms with E-state index in [1.807, 2.05) is 13.8 Å². The molecule has 3 heteroatoms. The Bertz CT molecular complexity index is 530. The highest BCUT2D eigenvalue weighted by Gasteiger charge is 2.40. The molecule has 1 aliphatic rings. The van der Waals surface area contributed by atoms with Gasteiger partial charge in [0.25, 0.3) is 0 Å². The second-order valence-corrected chi connectivity index (χ2v) is 6.17. The molecule has 1 heterocycles. The van der Waals surface area contributed by atoms with E-state index in [-0.39, 0.29) is 0 Å². The number of pyridine rings is 1. The van der Waals surface area contributed by atoms with Crippen LogP contribution >= 0.6 is 0 Å². The Kier molecular flexibility index (Phi) is 9.72. The number of hydrogen-bond acceptors (Lipinski definition) is 1. The van der Waals surface area contributed by atoms with Crippen molar-refractivity contribution in [2.75, 3.05) is 0 Å². The number of alkyl halides is 1. The number of rotatable bonds is 3. The number of nitrogens with zero attached hydrogens (tertiary/aromatic N) is 1. The summed E-state index contributed by atoms with van der Waals surface area (Å²) in [4.78, 5) is 4.16. The van der Waals surface area contributed by atoms with Crippen LogP contribution in [0.2, 0.25) is 0 Å². The Morgan fingerprint density at radius 1 is 1.04 bits per heavy atom. The molecule has 0 saturated heterocycles. The molecule has 2 rings (SSSR count). The molecular weight excluding hydrogens is 304 g/mol. The van der Waals surface area contributed by atoms with Crippen LogP contribution in [-0.4, -0.2) is 10.7 Å². The van der Waals surface area contributed by atoms with E-state index in [1.165, 1.54) is 26.2 Å². The topological polar surface area (TPSA) is 12.9 Å². The lowest BCUT2D eigenvalue weighted by Crippen LogP contribution is -2.31. The summed E-state index contributed by atoms with van der Waals surface area (Å²) < 4.78 is 28.1. The summed E-state index contributed by atoms with van der Waals surface area (Å²) in [6.07, 6.45) is 8.34. The summed E-state index contributed by atoms with van der Waals surface area (Å²) in [5.41, 5.74) is -1.58. The number of halogens is 2. The summed E-state index contributed by atoms with van der Waals surface area (Å²) in [7, 11) is 0. The zero-order chi connectivity index (χ0) is 18.8. The van der Waals surface area contributed by atoms with Crippen molar-refractivity contribution in [2.24, 2.45) is 0 Å². The van der Waals surface area contributed by atoms with Crippen molar-refractivity contribution in [3.8, 4) is 0 Å². The molecule has 0 saturated carbocycles. The van der Waals surface area contributed by atoms with Crippen molar-refractivity contribution >= 4 is 0 Å². The molecule has 0 aliphatic heterocycles. The highest BCUT2D eigenvalue weighted by Crippen LogP contribution is 2.42. The van der Waals surface area contributed by atoms with E-state index < -0.39 is 16.9 Å². The van der Waals surface area contributed by atoms with E-state index >= 15 is 0 Å². The van der Waals surface area contributed by atoms with Gasteiger partial charge in [-0.15, -0.1) is 0 Å². The third-order valence-electron chi connectivity index (χ3n) is 4.07. The van der Waals surface area contributed by atoms with Crippen molar-refractivity contribution in [1.82, 2.24) is 4.98 Å². The van der Waals surface area contributed by atoms with Gasteiger partial charge in [0.1, 0.15) is 11.5 Å². The van der Waals surface area contributed by atoms with Crippen LogP contribution in [0.5, 0.6) is 0 Å². The Morgan fingerprint density at radius 2 is 1.62 bits per heavy atom. The van der Waals surface area contributed by atoms with Gasteiger partial charge in [0.15, 0.2) is 0 Å². The minimum absolute atomic E-state index is 0.494. The summed E-state index contributed by atoms with van der Waals surface area (Å²) in [5.74, 6) is -0.494. The summed E-state index contributed by atoms with van der Waals surface area (Å²) >= 11 is 0. The fourth-order valence-electron chi connectivity index (χ4n) is 2.36. The molecule has 1 aromatic heterocycles. The van der Waals surface area contributed by atoms with Gasteiger partial charge in [-0.05, 0) is 44.6 Å². The first-order chi connectivity index (χ1) is 11.3. The van der Waals surface area contributed by atoms with Gasteiger partial charge in [0, 0.05) is 6.20 Å². The fourth-order valence-corrected chi connectivity index (χ4v) is 2.36. The number of aromatic nitrogens is 1. The molecule has 0 fully saturated rings. The molecule has 24 heavy (non-hydrogen) atoms. The number of hydrogen-bond donors (Lipinski definition) is 0. The van der Waals surface area contributed by atoms with Gasteiger partial charge in [-0.2, -0.15) is 0 Å². The molecule has 0 bridgehead atoms. The highest BCUT2D eigenvalue weighted by molar-refractivity contribution is 5.44. The van der Waals surface area contributed by atoms with Gasteiger partial charge in [-0.25, -0.2) is 8.78 Å². The lowest BCUT2D eigenvalue weighted by molar-refractivity contribution is 0.285. The first-order valence-corrected chi connectivity index (χ1v) is 8.97. The van der Waals surface area contributed by atoms with Crippen LogP contribution in [0.1, 0.15) is 73.4 Å². The second-order valence-electron chi connectivity index (χ2n) is 6.17. The molecule has 136 valence electrons. The van der Waals surface area contributed by atoms with Crippen molar-refractivity contribution in [1.29, 1.82) is 0 Å². The first kappa shape index (κ1) is 22.5. The Morgan fingerprint density at radius 3 is 2.04 bits per heavy atom. The third-order valence-corrected chi connectivity index (χ3v) is 4.07. The SMILES string of the molecule is CC.CC1=CC(C)(c2ccccn2)C(F)=CC1(C)F.CCCCC. The van der Waals surface area contributed by atoms with E-state index in [0.29, 0.717) is 11.3 Å². The largest absolute Gasteiger partial charge is 0.260 e. The summed E-state index contributed by atoms with van der Waals surface area (Å²) in [6.45, 7) is 13.2. The maximum atomic E-state index is 14.1. The van der Waals surface area contributed by atoms with Gasteiger partial charge in [0.2, 0.25) is 0 Å². The van der Waals surface area contributed by atoms with E-state index in [2.05, 4.69) is 18.8 Å². The molecule has 0 aromatic carbocycles. The molecule has 0 spiro atoms. The fraction of sp³-hybridized carbons (Fsp3) is 0.571. The smallest absolute Gasteiger partial charge is 0.150 e. The van der Waals surface area contributed by atoms with E-state index in [9.17, 15) is 8.78 Å². The average Bonchev–Trinajstić information content (AvgIpc) is 2.57. The van der Waals surface area contributed by atoms with E-state index in [0.717, 1.165) is 6.08 Å². The quantitative estimate of drug-likeness (QED) is 0.536. The predicted molar refractivity (Wildman–Crippen MR) is 101 cm³/mol. The zero-order valence-electron chi connectivity index (χ0n) is 16.3. The van der Waals surface area contributed by atoms with Crippen LogP contribution in [0.15, 0.2) is 47.9 Å². The maximum absolute atomic E-state index is 14.1. The normalized spacial score (nSPS) is 25.4. The number of unbranched alkanes of at least 4 members (excludes halogenated alkanes) is 2. The first-order valence-electron chi connectivity index (χ1n) is 8.97. The molecule has 1 nitrogen and oxygen atoms in total. The highest BCUT2D eigenvalue weighted by atomic mass is 19.1. The Hall–Kier alpha value is -1.51. The monoisotopic (exact) mass is 337 g/mol. The maximum Gasteiger partial charge on any atom is 0.150 e. The van der Waals surface area contributed by atoms with Gasteiger partial charge < -0.3 is 0 Å². The van der Waals surface area contributed by atoms with Crippen LogP contribution < -0.4 is 0 Å². The molecule has 1 aliphatic carbocycles. The average molecular weight is 337 g/mol. The van der Waals surface area contributed by atoms with Crippen molar-refractivity contribution in [3.63, 3.8) is 0 Å². The zero-order valence-corrected chi connectivity index (χ0v) is 16.3. The molecule has 0 radical (unpaired) electrons. The molecule has 1 aromatic rings. The molecule has 2 atom stereocenters. The van der Waals surface area contributed by atoms with Gasteiger partial charge in [0.05, 0.1) is 11.1 Å². The van der Waals surface area contributed by atoms with E-state index in [1.54, 1.807) is 44.3 Å². The van der Waals surface area contributed by atoms with Crippen LogP contribution in [0.4, 0.5) is 8.78 Å². The van der Waals surface area contributed by atoms with Crippen LogP contribution in [0.25, 0.3) is 0 Å². The second kappa shape index (κ2) is 10.4. The standard InChI is InChI=1S/C14H15F2N.C5H12.C2H6/c1-10-8-13(2,11(15)9-14(10,3)16)12-6-4-5-7-17-12;1-3-5-4-2;1-2/h4-9H,1-3H3;3-5H2,1-2H3;1-2H3. The lowest BCUT2D eigenvalue weighted by Gasteiger charge is -2.33. The minimum Gasteiger partial charge on any atom is -0.260 e. The summed E-state index contributed by atoms with van der Waals surface area (Å²) in [5, 5.41) is 0. The van der Waals surface area contributed by atoms with Crippen molar-refractivity contribution in [3.05, 3.63) is 53.6 Å². The molecule has 0 N–H and O–H groups in total. The van der Waals surface area contributed by atoms with Crippen molar-refractivity contribution in [2.45, 2.75) is 78.8 Å². The Labute approximate surface area is 146 Å². The third kappa shape index (κ3) is 5.85. The Balaban J connectivity index is 0.000000650.